The Morgan fingerprint density at radius 1 is 0.905 bits per heavy atom. The van der Waals surface area contributed by atoms with E-state index in [0.29, 0.717) is 10.3 Å². The molecule has 0 aliphatic heterocycles. The van der Waals surface area contributed by atoms with E-state index in [1.807, 2.05) is 0 Å². The van der Waals surface area contributed by atoms with E-state index in [2.05, 4.69) is 62.3 Å². The van der Waals surface area contributed by atoms with Crippen LogP contribution in [0.3, 0.4) is 0 Å². The van der Waals surface area contributed by atoms with Crippen LogP contribution in [0.1, 0.15) is 81.6 Å². The standard InChI is InChI=1S/C19H40P2/c1-10-20(11-2)17-14-12-13-16(17)15(3)21(18(4,5)6)19(7,8)9/h15-17H,10-14H2,1-9H3/t15-,16?,17?/m1/s1. The first-order chi connectivity index (χ1) is 9.54. The van der Waals surface area contributed by atoms with Crippen molar-refractivity contribution >= 4 is 15.8 Å². The fraction of sp³-hybridized carbons (Fsp3) is 1.00. The van der Waals surface area contributed by atoms with Gasteiger partial charge in [0.2, 0.25) is 0 Å². The average molecular weight is 330 g/mol. The molecule has 0 heterocycles. The number of hydrogen-bond acceptors (Lipinski definition) is 0. The van der Waals surface area contributed by atoms with Gasteiger partial charge in [-0.2, -0.15) is 0 Å². The van der Waals surface area contributed by atoms with E-state index in [9.17, 15) is 0 Å². The van der Waals surface area contributed by atoms with Crippen molar-refractivity contribution in [1.29, 1.82) is 0 Å². The molecule has 0 spiro atoms. The van der Waals surface area contributed by atoms with Crippen molar-refractivity contribution in [3.8, 4) is 0 Å². The van der Waals surface area contributed by atoms with Crippen LogP contribution in [0.4, 0.5) is 0 Å². The van der Waals surface area contributed by atoms with E-state index >= 15 is 0 Å². The van der Waals surface area contributed by atoms with E-state index in [1.165, 1.54) is 31.6 Å². The van der Waals surface area contributed by atoms with Gasteiger partial charge in [0.1, 0.15) is 0 Å². The second-order valence-corrected chi connectivity index (χ2v) is 16.2. The fourth-order valence-corrected chi connectivity index (χ4v) is 13.3. The van der Waals surface area contributed by atoms with Gasteiger partial charge in [-0.3, -0.25) is 0 Å². The molecular weight excluding hydrogens is 290 g/mol. The highest BCUT2D eigenvalue weighted by atomic mass is 31.1. The normalized spacial score (nSPS) is 25.9. The highest BCUT2D eigenvalue weighted by Gasteiger charge is 2.44. The SMILES string of the molecule is CCP(CC)C1CCCC1[C@@H](C)P(C(C)(C)C)C(C)(C)C. The molecule has 21 heavy (non-hydrogen) atoms. The molecule has 2 unspecified atom stereocenters. The van der Waals surface area contributed by atoms with Crippen LogP contribution in [0.25, 0.3) is 0 Å². The van der Waals surface area contributed by atoms with Crippen molar-refractivity contribution < 1.29 is 0 Å². The van der Waals surface area contributed by atoms with Crippen molar-refractivity contribution in [2.24, 2.45) is 5.92 Å². The smallest absolute Gasteiger partial charge is 0.0172 e. The Bertz CT molecular complexity index is 293. The zero-order valence-electron chi connectivity index (χ0n) is 16.2. The lowest BCUT2D eigenvalue weighted by molar-refractivity contribution is 0.525. The molecule has 0 saturated heterocycles. The summed E-state index contributed by atoms with van der Waals surface area (Å²) in [7, 11) is 0.319. The molecule has 0 amide bonds. The molecular formula is C19H40P2. The third-order valence-corrected chi connectivity index (χ3v) is 12.6. The summed E-state index contributed by atoms with van der Waals surface area (Å²) in [6.45, 7) is 22.4. The van der Waals surface area contributed by atoms with Crippen LogP contribution in [-0.4, -0.2) is 34.0 Å². The summed E-state index contributed by atoms with van der Waals surface area (Å²) in [5.74, 6) is 1.01. The van der Waals surface area contributed by atoms with E-state index in [0.717, 1.165) is 17.2 Å². The summed E-state index contributed by atoms with van der Waals surface area (Å²) in [5.41, 5.74) is 2.00. The summed E-state index contributed by atoms with van der Waals surface area (Å²) >= 11 is 0. The van der Waals surface area contributed by atoms with E-state index in [1.54, 1.807) is 0 Å². The van der Waals surface area contributed by atoms with Crippen LogP contribution in [0, 0.1) is 5.92 Å². The van der Waals surface area contributed by atoms with Gasteiger partial charge in [-0.25, -0.2) is 0 Å². The van der Waals surface area contributed by atoms with Crippen molar-refractivity contribution in [1.82, 2.24) is 0 Å². The summed E-state index contributed by atoms with van der Waals surface area (Å²) < 4.78 is 0. The lowest BCUT2D eigenvalue weighted by Crippen LogP contribution is -2.36. The largest absolute Gasteiger partial charge is 0.104 e. The van der Waals surface area contributed by atoms with Crippen LogP contribution in [0.2, 0.25) is 0 Å². The Balaban J connectivity index is 3.00. The average Bonchev–Trinajstić information content (AvgIpc) is 2.75. The molecule has 1 aliphatic rings. The van der Waals surface area contributed by atoms with Gasteiger partial charge in [0, 0.05) is 0 Å². The van der Waals surface area contributed by atoms with Gasteiger partial charge < -0.3 is 0 Å². The van der Waals surface area contributed by atoms with Crippen molar-refractivity contribution in [3.63, 3.8) is 0 Å². The van der Waals surface area contributed by atoms with Crippen molar-refractivity contribution in [2.75, 3.05) is 12.3 Å². The highest BCUT2D eigenvalue weighted by molar-refractivity contribution is 7.62. The van der Waals surface area contributed by atoms with Crippen LogP contribution >= 0.6 is 15.8 Å². The molecule has 0 aromatic rings. The molecule has 0 N–H and O–H groups in total. The van der Waals surface area contributed by atoms with Crippen LogP contribution < -0.4 is 0 Å². The molecule has 1 aliphatic carbocycles. The van der Waals surface area contributed by atoms with E-state index in [-0.39, 0.29) is 15.8 Å². The van der Waals surface area contributed by atoms with Gasteiger partial charge in [-0.1, -0.05) is 76.7 Å². The third-order valence-electron chi connectivity index (χ3n) is 5.29. The molecule has 0 aromatic carbocycles. The predicted octanol–water partition coefficient (Wildman–Crippen LogP) is 7.14. The Kier molecular flexibility index (Phi) is 7.22. The summed E-state index contributed by atoms with van der Waals surface area (Å²) in [6, 6.07) is 0. The predicted molar refractivity (Wildman–Crippen MR) is 105 cm³/mol. The molecule has 3 atom stereocenters. The van der Waals surface area contributed by atoms with Crippen LogP contribution in [0.15, 0.2) is 0 Å². The maximum absolute atomic E-state index is 2.62. The third kappa shape index (κ3) is 4.91. The van der Waals surface area contributed by atoms with Crippen molar-refractivity contribution in [3.05, 3.63) is 0 Å². The first-order valence-electron chi connectivity index (χ1n) is 9.07. The molecule has 126 valence electrons. The molecule has 1 rings (SSSR count). The minimum absolute atomic E-state index is 0.0340. The second kappa shape index (κ2) is 7.62. The Hall–Kier alpha value is 0.860. The first-order valence-corrected chi connectivity index (χ1v) is 12.3. The van der Waals surface area contributed by atoms with Crippen LogP contribution in [0.5, 0.6) is 0 Å². The van der Waals surface area contributed by atoms with Gasteiger partial charge in [0.05, 0.1) is 0 Å². The summed E-state index contributed by atoms with van der Waals surface area (Å²) in [4.78, 5) is 0. The quantitative estimate of drug-likeness (QED) is 0.470. The zero-order valence-corrected chi connectivity index (χ0v) is 18.0. The van der Waals surface area contributed by atoms with Crippen molar-refractivity contribution in [2.45, 2.75) is 103 Å². The molecule has 0 bridgehead atoms. The molecule has 0 aromatic heterocycles. The number of hydrogen-bond donors (Lipinski definition) is 0. The molecule has 0 nitrogen and oxygen atoms in total. The Labute approximate surface area is 137 Å². The maximum Gasteiger partial charge on any atom is -0.0172 e. The van der Waals surface area contributed by atoms with E-state index < -0.39 is 0 Å². The van der Waals surface area contributed by atoms with Gasteiger partial charge >= 0.3 is 0 Å². The Morgan fingerprint density at radius 2 is 1.38 bits per heavy atom. The Morgan fingerprint density at radius 3 is 1.76 bits per heavy atom. The molecule has 0 radical (unpaired) electrons. The second-order valence-electron chi connectivity index (χ2n) is 8.84. The minimum atomic E-state index is 0.0340. The summed E-state index contributed by atoms with van der Waals surface area (Å²) in [6.07, 6.45) is 7.43. The molecule has 1 saturated carbocycles. The number of rotatable bonds is 5. The van der Waals surface area contributed by atoms with Gasteiger partial charge in [0.15, 0.2) is 0 Å². The van der Waals surface area contributed by atoms with Gasteiger partial charge in [0.25, 0.3) is 0 Å². The zero-order chi connectivity index (χ0) is 16.4. The molecule has 2 heteroatoms. The lowest BCUT2D eigenvalue weighted by Gasteiger charge is -2.49. The topological polar surface area (TPSA) is 0 Å². The first kappa shape index (κ1) is 19.9. The van der Waals surface area contributed by atoms with E-state index in [4.69, 9.17) is 0 Å². The minimum Gasteiger partial charge on any atom is -0.104 e. The van der Waals surface area contributed by atoms with Gasteiger partial charge in [-0.05, 0) is 52.7 Å². The highest BCUT2D eigenvalue weighted by Crippen LogP contribution is 2.67. The fourth-order valence-electron chi connectivity index (χ4n) is 5.10. The lowest BCUT2D eigenvalue weighted by atomic mass is 10.0. The monoisotopic (exact) mass is 330 g/mol. The molecule has 1 fully saturated rings. The van der Waals surface area contributed by atoms with Crippen LogP contribution in [-0.2, 0) is 0 Å². The maximum atomic E-state index is 2.62. The van der Waals surface area contributed by atoms with Gasteiger partial charge in [-0.15, -0.1) is 7.92 Å². The summed E-state index contributed by atoms with van der Waals surface area (Å²) in [5, 5.41) is 0.947.